The van der Waals surface area contributed by atoms with Gasteiger partial charge in [0, 0.05) is 48.7 Å². The molecule has 2 fully saturated rings. The minimum atomic E-state index is -0.135. The topological polar surface area (TPSA) is 91.4 Å². The SMILES string of the molecule is O=C(NC1CCN(C(=O)c2cccc(NC(=O)C3CCCCC3)c2)CC1)c1cccnc1. The van der Waals surface area contributed by atoms with Crippen LogP contribution in [0.15, 0.2) is 48.8 Å². The maximum Gasteiger partial charge on any atom is 0.253 e. The van der Waals surface area contributed by atoms with Crippen LogP contribution in [0.2, 0.25) is 0 Å². The summed E-state index contributed by atoms with van der Waals surface area (Å²) in [6.07, 6.45) is 9.90. The number of carbonyl (C=O) groups excluding carboxylic acids is 3. The van der Waals surface area contributed by atoms with E-state index in [4.69, 9.17) is 0 Å². The molecule has 1 aliphatic heterocycles. The zero-order valence-electron chi connectivity index (χ0n) is 18.3. The first-order valence-electron chi connectivity index (χ1n) is 11.5. The average Bonchev–Trinajstić information content (AvgIpc) is 2.85. The van der Waals surface area contributed by atoms with Crippen LogP contribution >= 0.6 is 0 Å². The summed E-state index contributed by atoms with van der Waals surface area (Å²) in [5, 5.41) is 6.02. The fraction of sp³-hybridized carbons (Fsp3) is 0.440. The van der Waals surface area contributed by atoms with Crippen molar-refractivity contribution in [1.29, 1.82) is 0 Å². The predicted molar refractivity (Wildman–Crippen MR) is 122 cm³/mol. The summed E-state index contributed by atoms with van der Waals surface area (Å²) in [6.45, 7) is 1.16. The molecule has 3 amide bonds. The molecule has 0 atom stereocenters. The Labute approximate surface area is 188 Å². The highest BCUT2D eigenvalue weighted by molar-refractivity contribution is 5.98. The third-order valence-corrected chi connectivity index (χ3v) is 6.39. The van der Waals surface area contributed by atoms with Crippen molar-refractivity contribution in [3.05, 3.63) is 59.9 Å². The standard InChI is InChI=1S/C25H30N4O3/c30-23(18-6-2-1-3-7-18)28-22-10-4-8-19(16-22)25(32)29-14-11-21(12-15-29)27-24(31)20-9-5-13-26-17-20/h4-5,8-10,13,16-18,21H,1-3,6-7,11-12,14-15H2,(H,27,31)(H,28,30). The Hall–Kier alpha value is -3.22. The van der Waals surface area contributed by atoms with E-state index >= 15 is 0 Å². The summed E-state index contributed by atoms with van der Waals surface area (Å²) in [6, 6.07) is 10.7. The molecule has 2 heterocycles. The smallest absolute Gasteiger partial charge is 0.253 e. The average molecular weight is 435 g/mol. The van der Waals surface area contributed by atoms with E-state index in [1.165, 1.54) is 6.42 Å². The molecule has 0 spiro atoms. The summed E-state index contributed by atoms with van der Waals surface area (Å²) >= 11 is 0. The molecular formula is C25H30N4O3. The first kappa shape index (κ1) is 22.0. The molecule has 4 rings (SSSR count). The van der Waals surface area contributed by atoms with E-state index in [1.807, 2.05) is 17.0 Å². The molecule has 7 nitrogen and oxygen atoms in total. The number of hydrogen-bond donors (Lipinski definition) is 2. The number of carbonyl (C=O) groups is 3. The van der Waals surface area contributed by atoms with Gasteiger partial charge < -0.3 is 15.5 Å². The Bertz CT molecular complexity index is 949. The van der Waals surface area contributed by atoms with Gasteiger partial charge in [0.05, 0.1) is 5.56 Å². The molecule has 0 radical (unpaired) electrons. The number of piperidine rings is 1. The Morgan fingerprint density at radius 3 is 2.38 bits per heavy atom. The Morgan fingerprint density at radius 2 is 1.66 bits per heavy atom. The highest BCUT2D eigenvalue weighted by Gasteiger charge is 2.26. The van der Waals surface area contributed by atoms with Gasteiger partial charge in [-0.2, -0.15) is 0 Å². The number of nitrogens with one attached hydrogen (secondary N) is 2. The quantitative estimate of drug-likeness (QED) is 0.752. The molecule has 7 heteroatoms. The third-order valence-electron chi connectivity index (χ3n) is 6.39. The second-order valence-electron chi connectivity index (χ2n) is 8.69. The van der Waals surface area contributed by atoms with Crippen LogP contribution in [-0.4, -0.2) is 46.7 Å². The molecule has 0 unspecified atom stereocenters. The molecule has 1 aromatic heterocycles. The number of hydrogen-bond acceptors (Lipinski definition) is 4. The van der Waals surface area contributed by atoms with Gasteiger partial charge in [-0.25, -0.2) is 0 Å². The maximum absolute atomic E-state index is 13.0. The van der Waals surface area contributed by atoms with Gasteiger partial charge in [0.1, 0.15) is 0 Å². The second kappa shape index (κ2) is 10.4. The molecule has 1 aliphatic carbocycles. The normalized spacial score (nSPS) is 17.6. The highest BCUT2D eigenvalue weighted by Crippen LogP contribution is 2.25. The van der Waals surface area contributed by atoms with Gasteiger partial charge in [0.25, 0.3) is 11.8 Å². The Kier molecular flexibility index (Phi) is 7.14. The summed E-state index contributed by atoms with van der Waals surface area (Å²) in [5.74, 6) is -0.0522. The van der Waals surface area contributed by atoms with Crippen molar-refractivity contribution >= 4 is 23.4 Å². The van der Waals surface area contributed by atoms with E-state index in [0.29, 0.717) is 42.7 Å². The predicted octanol–water partition coefficient (Wildman–Crippen LogP) is 3.64. The van der Waals surface area contributed by atoms with Crippen molar-refractivity contribution in [3.63, 3.8) is 0 Å². The number of benzene rings is 1. The van der Waals surface area contributed by atoms with Gasteiger partial charge in [0.15, 0.2) is 0 Å². The molecule has 2 N–H and O–H groups in total. The van der Waals surface area contributed by atoms with Crippen molar-refractivity contribution in [1.82, 2.24) is 15.2 Å². The van der Waals surface area contributed by atoms with E-state index in [-0.39, 0.29) is 29.7 Å². The molecule has 1 saturated heterocycles. The van der Waals surface area contributed by atoms with Crippen LogP contribution in [0.4, 0.5) is 5.69 Å². The van der Waals surface area contributed by atoms with Crippen LogP contribution in [0.25, 0.3) is 0 Å². The molecule has 2 aromatic rings. The van der Waals surface area contributed by atoms with E-state index in [1.54, 1.807) is 36.7 Å². The fourth-order valence-electron chi connectivity index (χ4n) is 4.51. The summed E-state index contributed by atoms with van der Waals surface area (Å²) in [4.78, 5) is 43.7. The number of anilines is 1. The van der Waals surface area contributed by atoms with Crippen molar-refractivity contribution in [3.8, 4) is 0 Å². The lowest BCUT2D eigenvalue weighted by molar-refractivity contribution is -0.120. The van der Waals surface area contributed by atoms with Crippen LogP contribution in [-0.2, 0) is 4.79 Å². The van der Waals surface area contributed by atoms with E-state index in [2.05, 4.69) is 15.6 Å². The number of likely N-dealkylation sites (tertiary alicyclic amines) is 1. The molecule has 1 aromatic carbocycles. The number of nitrogens with zero attached hydrogens (tertiary/aromatic N) is 2. The van der Waals surface area contributed by atoms with Gasteiger partial charge in [0.2, 0.25) is 5.91 Å². The van der Waals surface area contributed by atoms with Crippen LogP contribution < -0.4 is 10.6 Å². The lowest BCUT2D eigenvalue weighted by Crippen LogP contribution is -2.46. The lowest BCUT2D eigenvalue weighted by Gasteiger charge is -2.32. The summed E-state index contributed by atoms with van der Waals surface area (Å²) in [7, 11) is 0. The maximum atomic E-state index is 13.0. The summed E-state index contributed by atoms with van der Waals surface area (Å²) < 4.78 is 0. The number of pyridine rings is 1. The third kappa shape index (κ3) is 5.52. The molecule has 168 valence electrons. The molecule has 1 saturated carbocycles. The fourth-order valence-corrected chi connectivity index (χ4v) is 4.51. The van der Waals surface area contributed by atoms with Gasteiger partial charge >= 0.3 is 0 Å². The Balaban J connectivity index is 1.30. The van der Waals surface area contributed by atoms with Crippen LogP contribution in [0, 0.1) is 5.92 Å². The van der Waals surface area contributed by atoms with E-state index < -0.39 is 0 Å². The number of amides is 3. The first-order valence-corrected chi connectivity index (χ1v) is 11.5. The van der Waals surface area contributed by atoms with Crippen molar-refractivity contribution in [2.45, 2.75) is 51.0 Å². The summed E-state index contributed by atoms with van der Waals surface area (Å²) in [5.41, 5.74) is 1.78. The molecular weight excluding hydrogens is 404 g/mol. The zero-order valence-corrected chi connectivity index (χ0v) is 18.3. The molecule has 0 bridgehead atoms. The van der Waals surface area contributed by atoms with Gasteiger partial charge in [-0.1, -0.05) is 25.3 Å². The van der Waals surface area contributed by atoms with Gasteiger partial charge in [-0.3, -0.25) is 19.4 Å². The minimum Gasteiger partial charge on any atom is -0.349 e. The van der Waals surface area contributed by atoms with E-state index in [9.17, 15) is 14.4 Å². The highest BCUT2D eigenvalue weighted by atomic mass is 16.2. The van der Waals surface area contributed by atoms with Crippen molar-refractivity contribution in [2.24, 2.45) is 5.92 Å². The largest absolute Gasteiger partial charge is 0.349 e. The van der Waals surface area contributed by atoms with E-state index in [0.717, 1.165) is 25.7 Å². The zero-order chi connectivity index (χ0) is 22.3. The monoisotopic (exact) mass is 434 g/mol. The second-order valence-corrected chi connectivity index (χ2v) is 8.69. The van der Waals surface area contributed by atoms with Crippen LogP contribution in [0.3, 0.4) is 0 Å². The lowest BCUT2D eigenvalue weighted by atomic mass is 9.88. The molecule has 2 aliphatic rings. The van der Waals surface area contributed by atoms with Crippen molar-refractivity contribution < 1.29 is 14.4 Å². The first-order chi connectivity index (χ1) is 15.6. The Morgan fingerprint density at radius 1 is 0.906 bits per heavy atom. The minimum absolute atomic E-state index is 0.0351. The number of aromatic nitrogens is 1. The van der Waals surface area contributed by atoms with Gasteiger partial charge in [-0.15, -0.1) is 0 Å². The molecule has 32 heavy (non-hydrogen) atoms. The number of rotatable bonds is 5. The van der Waals surface area contributed by atoms with Crippen LogP contribution in [0.5, 0.6) is 0 Å². The van der Waals surface area contributed by atoms with Crippen molar-refractivity contribution in [2.75, 3.05) is 18.4 Å². The van der Waals surface area contributed by atoms with Crippen LogP contribution in [0.1, 0.15) is 65.7 Å². The van der Waals surface area contributed by atoms with Gasteiger partial charge in [-0.05, 0) is 56.0 Å².